The number of benzene rings is 2. The van der Waals surface area contributed by atoms with Crippen LogP contribution in [0.2, 0.25) is 0 Å². The van der Waals surface area contributed by atoms with E-state index in [1.807, 2.05) is 0 Å². The van der Waals surface area contributed by atoms with E-state index < -0.39 is 29.1 Å². The largest absolute Gasteiger partial charge is 0.418 e. The van der Waals surface area contributed by atoms with E-state index in [2.05, 4.69) is 5.32 Å². The van der Waals surface area contributed by atoms with E-state index in [4.69, 9.17) is 5.73 Å². The Kier molecular flexibility index (Phi) is 3.76. The maximum atomic E-state index is 13.7. The topological polar surface area (TPSA) is 38.0 Å². The molecule has 0 aromatic heterocycles. The van der Waals surface area contributed by atoms with Crippen molar-refractivity contribution in [3.8, 4) is 0 Å². The lowest BCUT2D eigenvalue weighted by molar-refractivity contribution is -0.136. The monoisotopic (exact) mass is 302 g/mol. The summed E-state index contributed by atoms with van der Waals surface area (Å²) in [6.07, 6.45) is -4.67. The molecule has 0 heterocycles. The Bertz CT molecular complexity index is 680. The third-order valence-corrected chi connectivity index (χ3v) is 2.87. The minimum absolute atomic E-state index is 0.0615. The van der Waals surface area contributed by atoms with Crippen LogP contribution < -0.4 is 11.1 Å². The van der Waals surface area contributed by atoms with Gasteiger partial charge in [0.25, 0.3) is 0 Å². The summed E-state index contributed by atoms with van der Waals surface area (Å²) in [5.74, 6) is -1.57. The summed E-state index contributed by atoms with van der Waals surface area (Å²) in [7, 11) is 0. The van der Waals surface area contributed by atoms with Gasteiger partial charge in [-0.15, -0.1) is 0 Å². The minimum Gasteiger partial charge on any atom is -0.399 e. The molecule has 0 amide bonds. The van der Waals surface area contributed by atoms with Gasteiger partial charge in [0.2, 0.25) is 0 Å². The lowest BCUT2D eigenvalue weighted by Crippen LogP contribution is -2.10. The Labute approximate surface area is 117 Å². The standard InChI is InChI=1S/C14H11F5N2/c1-7-4-11(16)13(6-10(7)15)21-12-3-2-8(20)5-9(12)14(17,18)19/h2-6,21H,20H2,1H3. The van der Waals surface area contributed by atoms with Crippen molar-refractivity contribution in [3.63, 3.8) is 0 Å². The van der Waals surface area contributed by atoms with Gasteiger partial charge in [0.05, 0.1) is 16.9 Å². The number of alkyl halides is 3. The van der Waals surface area contributed by atoms with E-state index in [9.17, 15) is 22.0 Å². The molecule has 0 radical (unpaired) electrons. The second kappa shape index (κ2) is 5.23. The molecule has 0 aliphatic rings. The zero-order valence-corrected chi connectivity index (χ0v) is 10.9. The van der Waals surface area contributed by atoms with Crippen molar-refractivity contribution in [1.82, 2.24) is 0 Å². The molecule has 112 valence electrons. The van der Waals surface area contributed by atoms with Crippen molar-refractivity contribution in [2.45, 2.75) is 13.1 Å². The molecule has 3 N–H and O–H groups in total. The Balaban J connectivity index is 2.47. The molecular weight excluding hydrogens is 291 g/mol. The zero-order valence-electron chi connectivity index (χ0n) is 10.9. The molecule has 0 saturated heterocycles. The predicted molar refractivity (Wildman–Crippen MR) is 70.2 cm³/mol. The minimum atomic E-state index is -4.67. The molecule has 21 heavy (non-hydrogen) atoms. The average Bonchev–Trinajstić information content (AvgIpc) is 2.36. The molecule has 0 atom stereocenters. The molecule has 0 bridgehead atoms. The molecule has 0 spiro atoms. The van der Waals surface area contributed by atoms with Gasteiger partial charge in [0.1, 0.15) is 11.6 Å². The first kappa shape index (κ1) is 15.1. The lowest BCUT2D eigenvalue weighted by Gasteiger charge is -2.16. The molecule has 0 aliphatic heterocycles. The number of nitrogen functional groups attached to an aromatic ring is 1. The summed E-state index contributed by atoms with van der Waals surface area (Å²) < 4.78 is 65.8. The van der Waals surface area contributed by atoms with E-state index >= 15 is 0 Å². The highest BCUT2D eigenvalue weighted by Gasteiger charge is 2.34. The number of aryl methyl sites for hydroxylation is 1. The summed E-state index contributed by atoms with van der Waals surface area (Å²) >= 11 is 0. The highest BCUT2D eigenvalue weighted by Crippen LogP contribution is 2.37. The first-order chi connectivity index (χ1) is 9.68. The normalized spacial score (nSPS) is 11.5. The molecule has 2 rings (SSSR count). The maximum Gasteiger partial charge on any atom is 0.418 e. The van der Waals surface area contributed by atoms with Crippen molar-refractivity contribution in [1.29, 1.82) is 0 Å². The van der Waals surface area contributed by atoms with Crippen LogP contribution in [-0.4, -0.2) is 0 Å². The van der Waals surface area contributed by atoms with Crippen LogP contribution in [0.3, 0.4) is 0 Å². The third-order valence-electron chi connectivity index (χ3n) is 2.87. The van der Waals surface area contributed by atoms with E-state index in [1.54, 1.807) is 0 Å². The van der Waals surface area contributed by atoms with E-state index in [0.29, 0.717) is 0 Å². The fraction of sp³-hybridized carbons (Fsp3) is 0.143. The van der Waals surface area contributed by atoms with Gasteiger partial charge >= 0.3 is 6.18 Å². The lowest BCUT2D eigenvalue weighted by atomic mass is 10.1. The van der Waals surface area contributed by atoms with Gasteiger partial charge in [0, 0.05) is 11.8 Å². The molecule has 2 aromatic rings. The second-order valence-electron chi connectivity index (χ2n) is 4.51. The van der Waals surface area contributed by atoms with Gasteiger partial charge in [-0.3, -0.25) is 0 Å². The van der Waals surface area contributed by atoms with Gasteiger partial charge in [-0.2, -0.15) is 13.2 Å². The predicted octanol–water partition coefficient (Wildman–Crippen LogP) is 4.62. The third kappa shape index (κ3) is 3.24. The Morgan fingerprint density at radius 2 is 1.62 bits per heavy atom. The second-order valence-corrected chi connectivity index (χ2v) is 4.51. The number of rotatable bonds is 2. The molecule has 0 unspecified atom stereocenters. The summed E-state index contributed by atoms with van der Waals surface area (Å²) in [5, 5.41) is 2.25. The van der Waals surface area contributed by atoms with Crippen LogP contribution in [0.1, 0.15) is 11.1 Å². The first-order valence-corrected chi connectivity index (χ1v) is 5.88. The fourth-order valence-electron chi connectivity index (χ4n) is 1.79. The number of hydrogen-bond donors (Lipinski definition) is 2. The van der Waals surface area contributed by atoms with Crippen LogP contribution >= 0.6 is 0 Å². The average molecular weight is 302 g/mol. The molecule has 2 aromatic carbocycles. The Morgan fingerprint density at radius 3 is 2.24 bits per heavy atom. The van der Waals surface area contributed by atoms with Crippen LogP contribution in [0.15, 0.2) is 30.3 Å². The number of nitrogens with one attached hydrogen (secondary N) is 1. The van der Waals surface area contributed by atoms with Gasteiger partial charge in [-0.25, -0.2) is 8.78 Å². The van der Waals surface area contributed by atoms with Crippen LogP contribution in [0.25, 0.3) is 0 Å². The number of halogens is 5. The van der Waals surface area contributed by atoms with Crippen LogP contribution in [-0.2, 0) is 6.18 Å². The van der Waals surface area contributed by atoms with Crippen LogP contribution in [0, 0.1) is 18.6 Å². The summed E-state index contributed by atoms with van der Waals surface area (Å²) in [6.45, 7) is 1.35. The molecule has 2 nitrogen and oxygen atoms in total. The van der Waals surface area contributed by atoms with Crippen LogP contribution in [0.4, 0.5) is 39.0 Å². The molecule has 0 aliphatic carbocycles. The van der Waals surface area contributed by atoms with Crippen molar-refractivity contribution in [3.05, 3.63) is 53.1 Å². The first-order valence-electron chi connectivity index (χ1n) is 5.88. The zero-order chi connectivity index (χ0) is 15.8. The molecular formula is C14H11F5N2. The fourth-order valence-corrected chi connectivity index (χ4v) is 1.79. The maximum absolute atomic E-state index is 13.7. The highest BCUT2D eigenvalue weighted by molar-refractivity contribution is 5.67. The number of anilines is 3. The smallest absolute Gasteiger partial charge is 0.399 e. The van der Waals surface area contributed by atoms with Crippen LogP contribution in [0.5, 0.6) is 0 Å². The highest BCUT2D eigenvalue weighted by atomic mass is 19.4. The van der Waals surface area contributed by atoms with Gasteiger partial charge in [-0.05, 0) is 36.8 Å². The van der Waals surface area contributed by atoms with Gasteiger partial charge < -0.3 is 11.1 Å². The van der Waals surface area contributed by atoms with Crippen molar-refractivity contribution in [2.24, 2.45) is 0 Å². The number of nitrogens with two attached hydrogens (primary N) is 1. The molecule has 0 fully saturated rings. The summed E-state index contributed by atoms with van der Waals surface area (Å²) in [5.41, 5.74) is 3.47. The summed E-state index contributed by atoms with van der Waals surface area (Å²) in [4.78, 5) is 0. The summed E-state index contributed by atoms with van der Waals surface area (Å²) in [6, 6.07) is 4.74. The quantitative estimate of drug-likeness (QED) is 0.627. The van der Waals surface area contributed by atoms with Gasteiger partial charge in [-0.1, -0.05) is 0 Å². The van der Waals surface area contributed by atoms with Crippen molar-refractivity contribution < 1.29 is 22.0 Å². The van der Waals surface area contributed by atoms with Crippen molar-refractivity contribution in [2.75, 3.05) is 11.1 Å². The SMILES string of the molecule is Cc1cc(F)c(Nc2ccc(N)cc2C(F)(F)F)cc1F. The van der Waals surface area contributed by atoms with E-state index in [-0.39, 0.29) is 16.9 Å². The van der Waals surface area contributed by atoms with E-state index in [1.165, 1.54) is 13.0 Å². The number of hydrogen-bond acceptors (Lipinski definition) is 2. The Hall–Kier alpha value is -2.31. The van der Waals surface area contributed by atoms with Crippen molar-refractivity contribution >= 4 is 17.1 Å². The van der Waals surface area contributed by atoms with Gasteiger partial charge in [0.15, 0.2) is 0 Å². The molecule has 7 heteroatoms. The molecule has 0 saturated carbocycles. The Morgan fingerprint density at radius 1 is 0.952 bits per heavy atom. The van der Waals surface area contributed by atoms with E-state index in [0.717, 1.165) is 24.3 Å².